The van der Waals surface area contributed by atoms with Crippen molar-refractivity contribution in [3.8, 4) is 6.07 Å². The SMILES string of the molecule is N#Cc1cc2ccc([N+](=O)[O-])cc2[nH]c1=O. The lowest BCUT2D eigenvalue weighted by atomic mass is 10.1. The van der Waals surface area contributed by atoms with E-state index in [4.69, 9.17) is 5.26 Å². The molecule has 0 aliphatic heterocycles. The number of benzene rings is 1. The fourth-order valence-corrected chi connectivity index (χ4v) is 1.39. The summed E-state index contributed by atoms with van der Waals surface area (Å²) in [5, 5.41) is 19.7. The van der Waals surface area contributed by atoms with E-state index in [1.54, 1.807) is 6.07 Å². The maximum atomic E-state index is 11.3. The van der Waals surface area contributed by atoms with E-state index in [0.717, 1.165) is 0 Å². The molecule has 0 radical (unpaired) electrons. The van der Waals surface area contributed by atoms with Crippen LogP contribution in [0.1, 0.15) is 5.56 Å². The fourth-order valence-electron chi connectivity index (χ4n) is 1.39. The molecule has 6 nitrogen and oxygen atoms in total. The van der Waals surface area contributed by atoms with Crippen LogP contribution in [-0.2, 0) is 0 Å². The molecular formula is C10H5N3O3. The average molecular weight is 215 g/mol. The van der Waals surface area contributed by atoms with Crippen LogP contribution in [0.4, 0.5) is 5.69 Å². The maximum absolute atomic E-state index is 11.3. The van der Waals surface area contributed by atoms with Gasteiger partial charge in [-0.25, -0.2) is 0 Å². The number of nitro benzene ring substituents is 1. The molecule has 78 valence electrons. The second-order valence-electron chi connectivity index (χ2n) is 3.15. The first-order valence-electron chi connectivity index (χ1n) is 4.33. The molecule has 1 N–H and O–H groups in total. The van der Waals surface area contributed by atoms with E-state index < -0.39 is 10.5 Å². The Morgan fingerprint density at radius 3 is 2.75 bits per heavy atom. The van der Waals surface area contributed by atoms with E-state index in [-0.39, 0.29) is 11.3 Å². The fraction of sp³-hybridized carbons (Fsp3) is 0. The molecule has 16 heavy (non-hydrogen) atoms. The minimum atomic E-state index is -0.546. The Balaban J connectivity index is 2.78. The summed E-state index contributed by atoms with van der Waals surface area (Å²) >= 11 is 0. The lowest BCUT2D eigenvalue weighted by Gasteiger charge is -1.97. The number of rotatable bonds is 1. The van der Waals surface area contributed by atoms with Crippen molar-refractivity contribution >= 4 is 16.6 Å². The van der Waals surface area contributed by atoms with Gasteiger partial charge in [-0.2, -0.15) is 5.26 Å². The van der Waals surface area contributed by atoms with Crippen LogP contribution < -0.4 is 5.56 Å². The summed E-state index contributed by atoms with van der Waals surface area (Å²) in [5.74, 6) is 0. The van der Waals surface area contributed by atoms with Crippen LogP contribution >= 0.6 is 0 Å². The highest BCUT2D eigenvalue weighted by Crippen LogP contribution is 2.18. The third-order valence-electron chi connectivity index (χ3n) is 2.16. The van der Waals surface area contributed by atoms with Crippen molar-refractivity contribution in [2.24, 2.45) is 0 Å². The van der Waals surface area contributed by atoms with Gasteiger partial charge in [0.15, 0.2) is 0 Å². The van der Waals surface area contributed by atoms with Crippen LogP contribution in [0.15, 0.2) is 29.1 Å². The first kappa shape index (κ1) is 9.86. The highest BCUT2D eigenvalue weighted by atomic mass is 16.6. The predicted octanol–water partition coefficient (Wildman–Crippen LogP) is 1.31. The highest BCUT2D eigenvalue weighted by Gasteiger charge is 2.08. The van der Waals surface area contributed by atoms with Crippen LogP contribution in [-0.4, -0.2) is 9.91 Å². The molecule has 0 bridgehead atoms. The number of aromatic nitrogens is 1. The van der Waals surface area contributed by atoms with E-state index in [1.807, 2.05) is 0 Å². The summed E-state index contributed by atoms with van der Waals surface area (Å²) in [5.41, 5.74) is -0.317. The van der Waals surface area contributed by atoms with Gasteiger partial charge in [0, 0.05) is 17.5 Å². The summed E-state index contributed by atoms with van der Waals surface area (Å²) in [6, 6.07) is 7.22. The van der Waals surface area contributed by atoms with Crippen LogP contribution in [0.5, 0.6) is 0 Å². The normalized spacial score (nSPS) is 9.94. The topological polar surface area (TPSA) is 99.8 Å². The number of nitrogens with one attached hydrogen (secondary N) is 1. The highest BCUT2D eigenvalue weighted by molar-refractivity contribution is 5.81. The standard InChI is InChI=1S/C10H5N3O3/c11-5-7-3-6-1-2-8(13(15)16)4-9(6)12-10(7)14/h1-4H,(H,12,14). The number of hydrogen-bond donors (Lipinski definition) is 1. The van der Waals surface area contributed by atoms with Gasteiger partial charge in [0.05, 0.1) is 10.4 Å². The number of H-pyrrole nitrogens is 1. The molecule has 0 spiro atoms. The Kier molecular flexibility index (Phi) is 2.14. The molecule has 6 heteroatoms. The molecule has 0 atom stereocenters. The van der Waals surface area contributed by atoms with Crippen molar-refractivity contribution in [3.63, 3.8) is 0 Å². The molecule has 0 saturated carbocycles. The number of pyridine rings is 1. The molecule has 0 aliphatic carbocycles. The largest absolute Gasteiger partial charge is 0.321 e. The minimum Gasteiger partial charge on any atom is -0.321 e. The van der Waals surface area contributed by atoms with Crippen LogP contribution in [0.2, 0.25) is 0 Å². The van der Waals surface area contributed by atoms with Gasteiger partial charge in [0.1, 0.15) is 11.6 Å². The molecule has 2 rings (SSSR count). The van der Waals surface area contributed by atoms with E-state index in [1.165, 1.54) is 24.3 Å². The molecule has 1 aromatic heterocycles. The van der Waals surface area contributed by atoms with Gasteiger partial charge in [0.2, 0.25) is 0 Å². The molecule has 0 amide bonds. The monoisotopic (exact) mass is 215 g/mol. The number of nitrogens with zero attached hydrogens (tertiary/aromatic N) is 2. The van der Waals surface area contributed by atoms with Gasteiger partial charge in [0.25, 0.3) is 11.2 Å². The summed E-state index contributed by atoms with van der Waals surface area (Å²) in [4.78, 5) is 23.7. The lowest BCUT2D eigenvalue weighted by Crippen LogP contribution is -2.09. The summed E-state index contributed by atoms with van der Waals surface area (Å²) in [7, 11) is 0. The quantitative estimate of drug-likeness (QED) is 0.572. The van der Waals surface area contributed by atoms with Crippen molar-refractivity contribution in [1.82, 2.24) is 4.98 Å². The van der Waals surface area contributed by atoms with Gasteiger partial charge >= 0.3 is 0 Å². The van der Waals surface area contributed by atoms with Gasteiger partial charge in [-0.3, -0.25) is 14.9 Å². The van der Waals surface area contributed by atoms with Crippen molar-refractivity contribution in [3.05, 3.63) is 50.3 Å². The van der Waals surface area contributed by atoms with Crippen molar-refractivity contribution in [2.45, 2.75) is 0 Å². The molecule has 1 aromatic carbocycles. The van der Waals surface area contributed by atoms with Crippen molar-refractivity contribution in [1.29, 1.82) is 5.26 Å². The van der Waals surface area contributed by atoms with Gasteiger partial charge in [-0.1, -0.05) is 0 Å². The molecular weight excluding hydrogens is 210 g/mol. The average Bonchev–Trinajstić information content (AvgIpc) is 2.27. The van der Waals surface area contributed by atoms with Gasteiger partial charge in [-0.15, -0.1) is 0 Å². The van der Waals surface area contributed by atoms with E-state index in [9.17, 15) is 14.9 Å². The van der Waals surface area contributed by atoms with E-state index in [0.29, 0.717) is 10.9 Å². The predicted molar refractivity (Wildman–Crippen MR) is 55.9 cm³/mol. The Morgan fingerprint density at radius 1 is 1.38 bits per heavy atom. The zero-order valence-electron chi connectivity index (χ0n) is 7.93. The Bertz CT molecular complexity index is 682. The number of nitro groups is 1. The minimum absolute atomic E-state index is 0.0126. The molecule has 1 heterocycles. The Labute approximate surface area is 88.9 Å². The van der Waals surface area contributed by atoms with Crippen molar-refractivity contribution < 1.29 is 4.92 Å². The Hall–Kier alpha value is -2.68. The zero-order chi connectivity index (χ0) is 11.7. The number of hydrogen-bond acceptors (Lipinski definition) is 4. The summed E-state index contributed by atoms with van der Waals surface area (Å²) in [6.45, 7) is 0. The van der Waals surface area contributed by atoms with Gasteiger partial charge < -0.3 is 4.98 Å². The number of nitriles is 1. The molecule has 0 aliphatic rings. The smallest absolute Gasteiger partial charge is 0.271 e. The number of fused-ring (bicyclic) bond motifs is 1. The Morgan fingerprint density at radius 2 is 2.12 bits per heavy atom. The first-order valence-corrected chi connectivity index (χ1v) is 4.33. The molecule has 0 fully saturated rings. The van der Waals surface area contributed by atoms with Crippen LogP contribution in [0.25, 0.3) is 10.9 Å². The number of aromatic amines is 1. The molecule has 0 unspecified atom stereocenters. The maximum Gasteiger partial charge on any atom is 0.271 e. The summed E-state index contributed by atoms with van der Waals surface area (Å²) < 4.78 is 0. The second-order valence-corrected chi connectivity index (χ2v) is 3.15. The van der Waals surface area contributed by atoms with Crippen molar-refractivity contribution in [2.75, 3.05) is 0 Å². The van der Waals surface area contributed by atoms with E-state index in [2.05, 4.69) is 4.98 Å². The van der Waals surface area contributed by atoms with Crippen LogP contribution in [0.3, 0.4) is 0 Å². The summed E-state index contributed by atoms with van der Waals surface area (Å²) in [6.07, 6.45) is 0. The first-order chi connectivity index (χ1) is 7.61. The molecule has 0 saturated heterocycles. The molecule has 2 aromatic rings. The third kappa shape index (κ3) is 1.50. The van der Waals surface area contributed by atoms with Crippen LogP contribution in [0, 0.1) is 21.4 Å². The number of non-ortho nitro benzene ring substituents is 1. The van der Waals surface area contributed by atoms with Gasteiger partial charge in [-0.05, 0) is 12.1 Å². The third-order valence-corrected chi connectivity index (χ3v) is 2.16. The van der Waals surface area contributed by atoms with E-state index >= 15 is 0 Å². The second kappa shape index (κ2) is 3.47. The zero-order valence-corrected chi connectivity index (χ0v) is 7.93. The lowest BCUT2D eigenvalue weighted by molar-refractivity contribution is -0.384.